The number of nitrogens with one attached hydrogen (secondary N) is 2. The van der Waals surface area contributed by atoms with Crippen molar-refractivity contribution in [1.82, 2.24) is 5.32 Å². The van der Waals surface area contributed by atoms with E-state index in [4.69, 9.17) is 0 Å². The van der Waals surface area contributed by atoms with Crippen LogP contribution in [0, 0.1) is 5.92 Å². The molecule has 0 fully saturated rings. The molecule has 0 aromatic heterocycles. The van der Waals surface area contributed by atoms with Crippen LogP contribution in [-0.4, -0.2) is 23.7 Å². The van der Waals surface area contributed by atoms with E-state index in [0.29, 0.717) is 12.5 Å². The van der Waals surface area contributed by atoms with Crippen molar-refractivity contribution in [2.75, 3.05) is 11.9 Å². The summed E-state index contributed by atoms with van der Waals surface area (Å²) in [4.78, 5) is 11.1. The summed E-state index contributed by atoms with van der Waals surface area (Å²) < 4.78 is 0. The van der Waals surface area contributed by atoms with Gasteiger partial charge in [0.1, 0.15) is 0 Å². The van der Waals surface area contributed by atoms with Crippen LogP contribution >= 0.6 is 0 Å². The lowest BCUT2D eigenvalue weighted by atomic mass is 10.0. The second kappa shape index (κ2) is 7.13. The van der Waals surface area contributed by atoms with E-state index in [-0.39, 0.29) is 18.6 Å². The quantitative estimate of drug-likeness (QED) is 0.721. The molecule has 18 heavy (non-hydrogen) atoms. The SMILES string of the molecule is CC(=O)Nc1ccccc1CNC(CO)C(C)C. The second-order valence-corrected chi connectivity index (χ2v) is 4.75. The Kier molecular flexibility index (Phi) is 5.82. The van der Waals surface area contributed by atoms with Gasteiger partial charge in [-0.1, -0.05) is 32.0 Å². The summed E-state index contributed by atoms with van der Waals surface area (Å²) in [6.45, 7) is 6.36. The van der Waals surface area contributed by atoms with E-state index < -0.39 is 0 Å². The normalized spacial score (nSPS) is 12.5. The molecule has 1 atom stereocenters. The van der Waals surface area contributed by atoms with Gasteiger partial charge in [0, 0.05) is 25.2 Å². The van der Waals surface area contributed by atoms with Crippen LogP contribution in [0.25, 0.3) is 0 Å². The zero-order valence-electron chi connectivity index (χ0n) is 11.2. The van der Waals surface area contributed by atoms with Crippen molar-refractivity contribution in [3.8, 4) is 0 Å². The minimum atomic E-state index is -0.0787. The Morgan fingerprint density at radius 2 is 2.00 bits per heavy atom. The Morgan fingerprint density at radius 1 is 1.33 bits per heavy atom. The molecular weight excluding hydrogens is 228 g/mol. The van der Waals surface area contributed by atoms with Gasteiger partial charge in [0.05, 0.1) is 6.61 Å². The molecule has 0 radical (unpaired) electrons. The van der Waals surface area contributed by atoms with E-state index in [2.05, 4.69) is 24.5 Å². The topological polar surface area (TPSA) is 61.4 Å². The second-order valence-electron chi connectivity index (χ2n) is 4.75. The van der Waals surface area contributed by atoms with Gasteiger partial charge in [0.15, 0.2) is 0 Å². The summed E-state index contributed by atoms with van der Waals surface area (Å²) in [6, 6.07) is 7.73. The zero-order chi connectivity index (χ0) is 13.5. The Balaban J connectivity index is 2.69. The third kappa shape index (κ3) is 4.47. The molecule has 0 spiro atoms. The van der Waals surface area contributed by atoms with Crippen LogP contribution in [0.2, 0.25) is 0 Å². The lowest BCUT2D eigenvalue weighted by Crippen LogP contribution is -2.36. The fraction of sp³-hybridized carbons (Fsp3) is 0.500. The zero-order valence-corrected chi connectivity index (χ0v) is 11.2. The van der Waals surface area contributed by atoms with Gasteiger partial charge in [0.2, 0.25) is 5.91 Å². The Bertz CT molecular complexity index is 391. The van der Waals surface area contributed by atoms with Crippen LogP contribution < -0.4 is 10.6 Å². The number of para-hydroxylation sites is 1. The number of carbonyl (C=O) groups excluding carboxylic acids is 1. The number of hydrogen-bond donors (Lipinski definition) is 3. The molecule has 0 aliphatic carbocycles. The van der Waals surface area contributed by atoms with Crippen molar-refractivity contribution in [2.45, 2.75) is 33.4 Å². The molecular formula is C14H22N2O2. The first-order valence-electron chi connectivity index (χ1n) is 6.24. The monoisotopic (exact) mass is 250 g/mol. The van der Waals surface area contributed by atoms with Gasteiger partial charge in [-0.15, -0.1) is 0 Å². The van der Waals surface area contributed by atoms with E-state index in [9.17, 15) is 9.90 Å². The third-order valence-electron chi connectivity index (χ3n) is 2.88. The lowest BCUT2D eigenvalue weighted by Gasteiger charge is -2.21. The standard InChI is InChI=1S/C14H22N2O2/c1-10(2)14(9-17)15-8-12-6-4-5-7-13(12)16-11(3)18/h4-7,10,14-15,17H,8-9H2,1-3H3,(H,16,18). The van der Waals surface area contributed by atoms with Gasteiger partial charge in [-0.2, -0.15) is 0 Å². The number of aliphatic hydroxyl groups excluding tert-OH is 1. The first-order chi connectivity index (χ1) is 8.54. The summed E-state index contributed by atoms with van der Waals surface area (Å²) in [5.41, 5.74) is 1.84. The van der Waals surface area contributed by atoms with Gasteiger partial charge in [-0.05, 0) is 17.5 Å². The number of rotatable bonds is 6. The predicted molar refractivity (Wildman–Crippen MR) is 73.3 cm³/mol. The Morgan fingerprint density at radius 3 is 2.56 bits per heavy atom. The molecule has 1 aromatic rings. The molecule has 1 amide bonds. The van der Waals surface area contributed by atoms with Gasteiger partial charge in [-0.3, -0.25) is 4.79 Å². The van der Waals surface area contributed by atoms with Crippen LogP contribution in [0.5, 0.6) is 0 Å². The first kappa shape index (κ1) is 14.7. The molecule has 1 rings (SSSR count). The fourth-order valence-corrected chi connectivity index (χ4v) is 1.74. The molecule has 3 N–H and O–H groups in total. The van der Waals surface area contributed by atoms with Crippen molar-refractivity contribution in [3.63, 3.8) is 0 Å². The summed E-state index contributed by atoms with van der Waals surface area (Å²) in [7, 11) is 0. The van der Waals surface area contributed by atoms with Crippen LogP contribution in [0.15, 0.2) is 24.3 Å². The lowest BCUT2D eigenvalue weighted by molar-refractivity contribution is -0.114. The van der Waals surface area contributed by atoms with Gasteiger partial charge < -0.3 is 15.7 Å². The van der Waals surface area contributed by atoms with Crippen molar-refractivity contribution in [3.05, 3.63) is 29.8 Å². The van der Waals surface area contributed by atoms with Crippen LogP contribution in [0.3, 0.4) is 0 Å². The molecule has 1 aromatic carbocycles. The average molecular weight is 250 g/mol. The first-order valence-corrected chi connectivity index (χ1v) is 6.24. The molecule has 0 heterocycles. The molecule has 0 saturated carbocycles. The maximum absolute atomic E-state index is 11.1. The molecule has 0 aliphatic rings. The summed E-state index contributed by atoms with van der Waals surface area (Å²) in [5.74, 6) is 0.285. The molecule has 4 nitrogen and oxygen atoms in total. The van der Waals surface area contributed by atoms with E-state index in [0.717, 1.165) is 11.3 Å². The minimum absolute atomic E-state index is 0.0652. The number of benzene rings is 1. The van der Waals surface area contributed by atoms with E-state index in [1.54, 1.807) is 0 Å². The van der Waals surface area contributed by atoms with Crippen LogP contribution in [-0.2, 0) is 11.3 Å². The van der Waals surface area contributed by atoms with Gasteiger partial charge in [0.25, 0.3) is 0 Å². The smallest absolute Gasteiger partial charge is 0.221 e. The number of hydrogen-bond acceptors (Lipinski definition) is 3. The maximum atomic E-state index is 11.1. The summed E-state index contributed by atoms with van der Waals surface area (Å²) in [6.07, 6.45) is 0. The minimum Gasteiger partial charge on any atom is -0.395 e. The molecule has 0 saturated heterocycles. The average Bonchev–Trinajstić information content (AvgIpc) is 2.30. The van der Waals surface area contributed by atoms with E-state index >= 15 is 0 Å². The highest BCUT2D eigenvalue weighted by Crippen LogP contribution is 2.15. The fourth-order valence-electron chi connectivity index (χ4n) is 1.74. The number of carbonyl (C=O) groups is 1. The highest BCUT2D eigenvalue weighted by atomic mass is 16.3. The van der Waals surface area contributed by atoms with Gasteiger partial charge >= 0.3 is 0 Å². The van der Waals surface area contributed by atoms with Crippen molar-refractivity contribution >= 4 is 11.6 Å². The number of amides is 1. The third-order valence-corrected chi connectivity index (χ3v) is 2.88. The maximum Gasteiger partial charge on any atom is 0.221 e. The summed E-state index contributed by atoms with van der Waals surface area (Å²) >= 11 is 0. The van der Waals surface area contributed by atoms with Crippen LogP contribution in [0.4, 0.5) is 5.69 Å². The Hall–Kier alpha value is -1.39. The summed E-state index contributed by atoms with van der Waals surface area (Å²) in [5, 5.41) is 15.4. The largest absolute Gasteiger partial charge is 0.395 e. The van der Waals surface area contributed by atoms with Crippen molar-refractivity contribution in [2.24, 2.45) is 5.92 Å². The molecule has 0 aliphatic heterocycles. The van der Waals surface area contributed by atoms with E-state index in [1.807, 2.05) is 24.3 Å². The van der Waals surface area contributed by atoms with E-state index in [1.165, 1.54) is 6.92 Å². The number of aliphatic hydroxyl groups is 1. The van der Waals surface area contributed by atoms with Crippen molar-refractivity contribution < 1.29 is 9.90 Å². The molecule has 100 valence electrons. The van der Waals surface area contributed by atoms with Crippen LogP contribution in [0.1, 0.15) is 26.3 Å². The highest BCUT2D eigenvalue weighted by molar-refractivity contribution is 5.89. The molecule has 0 bridgehead atoms. The molecule has 4 heteroatoms. The highest BCUT2D eigenvalue weighted by Gasteiger charge is 2.12. The van der Waals surface area contributed by atoms with Gasteiger partial charge in [-0.25, -0.2) is 0 Å². The van der Waals surface area contributed by atoms with Crippen molar-refractivity contribution in [1.29, 1.82) is 0 Å². The predicted octanol–water partition coefficient (Wildman–Crippen LogP) is 1.75. The molecule has 1 unspecified atom stereocenters. The Labute approximate surface area is 108 Å². The number of anilines is 1.